The lowest BCUT2D eigenvalue weighted by Gasteiger charge is -2.14. The van der Waals surface area contributed by atoms with Crippen molar-refractivity contribution in [2.45, 2.75) is 33.1 Å². The molecule has 0 bridgehead atoms. The van der Waals surface area contributed by atoms with E-state index < -0.39 is 0 Å². The average Bonchev–Trinajstić information content (AvgIpc) is 2.75. The minimum atomic E-state index is -0.237. The van der Waals surface area contributed by atoms with Gasteiger partial charge in [-0.1, -0.05) is 50.2 Å². The predicted octanol–water partition coefficient (Wildman–Crippen LogP) is 4.65. The van der Waals surface area contributed by atoms with Gasteiger partial charge in [0.05, 0.1) is 5.56 Å². The van der Waals surface area contributed by atoms with E-state index in [-0.39, 0.29) is 11.7 Å². The molecular formula is C23H25FN4O. The van der Waals surface area contributed by atoms with Crippen LogP contribution in [-0.2, 0) is 19.3 Å². The van der Waals surface area contributed by atoms with Gasteiger partial charge in [-0.15, -0.1) is 0 Å². The number of aromatic nitrogens is 2. The fourth-order valence-corrected chi connectivity index (χ4v) is 3.14. The molecule has 0 spiro atoms. The van der Waals surface area contributed by atoms with Crippen LogP contribution in [0.4, 0.5) is 16.0 Å². The van der Waals surface area contributed by atoms with Gasteiger partial charge >= 0.3 is 0 Å². The minimum absolute atomic E-state index is 0.221. The number of anilines is 2. The van der Waals surface area contributed by atoms with Crippen molar-refractivity contribution in [2.75, 3.05) is 17.2 Å². The van der Waals surface area contributed by atoms with Crippen LogP contribution in [0.5, 0.6) is 0 Å². The summed E-state index contributed by atoms with van der Waals surface area (Å²) in [6, 6.07) is 12.7. The molecule has 29 heavy (non-hydrogen) atoms. The normalized spacial score (nSPS) is 10.6. The largest absolute Gasteiger partial charge is 0.354 e. The first-order valence-corrected chi connectivity index (χ1v) is 9.83. The Labute approximate surface area is 170 Å². The van der Waals surface area contributed by atoms with Gasteiger partial charge in [-0.3, -0.25) is 4.79 Å². The predicted molar refractivity (Wildman–Crippen MR) is 114 cm³/mol. The summed E-state index contributed by atoms with van der Waals surface area (Å²) in [6.07, 6.45) is 5.18. The summed E-state index contributed by atoms with van der Waals surface area (Å²) in [4.78, 5) is 21.1. The number of hydrogen-bond donors (Lipinski definition) is 2. The molecule has 1 aromatic heterocycles. The Balaban J connectivity index is 1.61. The maximum Gasteiger partial charge on any atom is 0.258 e. The summed E-state index contributed by atoms with van der Waals surface area (Å²) < 4.78 is 13.6. The molecule has 5 nitrogen and oxygen atoms in total. The molecule has 0 fully saturated rings. The number of carbonyl (C=O) groups is 1. The molecule has 0 aliphatic rings. The van der Waals surface area contributed by atoms with E-state index in [2.05, 4.69) is 34.4 Å². The fraction of sp³-hybridized carbons (Fsp3) is 0.261. The summed E-state index contributed by atoms with van der Waals surface area (Å²) in [5.74, 6) is -0.0550. The van der Waals surface area contributed by atoms with Crippen LogP contribution in [0.15, 0.2) is 54.9 Å². The quantitative estimate of drug-likeness (QED) is 0.586. The Bertz CT molecular complexity index is 951. The van der Waals surface area contributed by atoms with Crippen molar-refractivity contribution in [1.29, 1.82) is 0 Å². The number of amides is 1. The van der Waals surface area contributed by atoms with Crippen molar-refractivity contribution in [1.82, 2.24) is 9.97 Å². The van der Waals surface area contributed by atoms with E-state index in [0.29, 0.717) is 30.0 Å². The molecule has 1 amide bonds. The number of nitrogens with one attached hydrogen (secondary N) is 2. The zero-order valence-corrected chi connectivity index (χ0v) is 16.7. The number of para-hydroxylation sites is 1. The molecule has 150 valence electrons. The standard InChI is InChI=1S/C23H25FN4O/c1-3-16-9-7-10-17(4-2)21(16)28-22(29)19-14-26-23(27-15-19)25-13-12-18-8-5-6-11-20(18)24/h5-11,14-15H,3-4,12-13H2,1-2H3,(H,28,29)(H,25,26,27). The Morgan fingerprint density at radius 2 is 1.55 bits per heavy atom. The SMILES string of the molecule is CCc1cccc(CC)c1NC(=O)c1cnc(NCCc2ccccc2F)nc1. The first kappa shape index (κ1) is 20.5. The van der Waals surface area contributed by atoms with Gasteiger partial charge in [0.2, 0.25) is 5.95 Å². The van der Waals surface area contributed by atoms with Gasteiger partial charge < -0.3 is 10.6 Å². The van der Waals surface area contributed by atoms with Crippen LogP contribution in [0, 0.1) is 5.82 Å². The van der Waals surface area contributed by atoms with Crippen molar-refractivity contribution in [3.05, 3.63) is 82.9 Å². The van der Waals surface area contributed by atoms with Crippen LogP contribution < -0.4 is 10.6 Å². The highest BCUT2D eigenvalue weighted by molar-refractivity contribution is 6.04. The molecular weight excluding hydrogens is 367 g/mol. The van der Waals surface area contributed by atoms with E-state index in [0.717, 1.165) is 29.7 Å². The van der Waals surface area contributed by atoms with Gasteiger partial charge in [-0.05, 0) is 42.0 Å². The molecule has 0 atom stereocenters. The van der Waals surface area contributed by atoms with Gasteiger partial charge in [-0.25, -0.2) is 14.4 Å². The average molecular weight is 392 g/mol. The molecule has 0 unspecified atom stereocenters. The van der Waals surface area contributed by atoms with Crippen LogP contribution in [-0.4, -0.2) is 22.4 Å². The lowest BCUT2D eigenvalue weighted by Crippen LogP contribution is -2.16. The van der Waals surface area contributed by atoms with Crippen LogP contribution in [0.3, 0.4) is 0 Å². The van der Waals surface area contributed by atoms with Crippen molar-refractivity contribution < 1.29 is 9.18 Å². The van der Waals surface area contributed by atoms with Crippen LogP contribution >= 0.6 is 0 Å². The van der Waals surface area contributed by atoms with Gasteiger partial charge in [0.1, 0.15) is 5.82 Å². The molecule has 3 rings (SSSR count). The Kier molecular flexibility index (Phi) is 6.89. The number of nitrogens with zero attached hydrogens (tertiary/aromatic N) is 2. The van der Waals surface area contributed by atoms with Crippen molar-refractivity contribution in [2.24, 2.45) is 0 Å². The number of halogens is 1. The van der Waals surface area contributed by atoms with E-state index in [1.54, 1.807) is 12.1 Å². The minimum Gasteiger partial charge on any atom is -0.354 e. The van der Waals surface area contributed by atoms with Gasteiger partial charge in [0, 0.05) is 24.6 Å². The third kappa shape index (κ3) is 5.16. The van der Waals surface area contributed by atoms with E-state index in [9.17, 15) is 9.18 Å². The second kappa shape index (κ2) is 9.78. The maximum absolute atomic E-state index is 13.6. The molecule has 1 heterocycles. The second-order valence-electron chi connectivity index (χ2n) is 6.68. The number of aryl methyl sites for hydroxylation is 2. The van der Waals surface area contributed by atoms with Crippen molar-refractivity contribution >= 4 is 17.5 Å². The van der Waals surface area contributed by atoms with E-state index >= 15 is 0 Å². The zero-order chi connectivity index (χ0) is 20.6. The van der Waals surface area contributed by atoms with Gasteiger partial charge in [0.15, 0.2) is 0 Å². The smallest absolute Gasteiger partial charge is 0.258 e. The number of hydrogen-bond acceptors (Lipinski definition) is 4. The highest BCUT2D eigenvalue weighted by Gasteiger charge is 2.12. The molecule has 6 heteroatoms. The zero-order valence-electron chi connectivity index (χ0n) is 16.7. The number of rotatable bonds is 8. The van der Waals surface area contributed by atoms with E-state index in [1.165, 1.54) is 18.5 Å². The highest BCUT2D eigenvalue weighted by atomic mass is 19.1. The highest BCUT2D eigenvalue weighted by Crippen LogP contribution is 2.23. The Morgan fingerprint density at radius 1 is 0.931 bits per heavy atom. The molecule has 0 radical (unpaired) electrons. The fourth-order valence-electron chi connectivity index (χ4n) is 3.14. The van der Waals surface area contributed by atoms with Crippen molar-refractivity contribution in [3.8, 4) is 0 Å². The summed E-state index contributed by atoms with van der Waals surface area (Å²) in [6.45, 7) is 4.63. The second-order valence-corrected chi connectivity index (χ2v) is 6.68. The summed E-state index contributed by atoms with van der Waals surface area (Å²) >= 11 is 0. The maximum atomic E-state index is 13.6. The molecule has 0 saturated heterocycles. The molecule has 0 saturated carbocycles. The third-order valence-corrected chi connectivity index (χ3v) is 4.79. The van der Waals surface area contributed by atoms with E-state index in [4.69, 9.17) is 0 Å². The lowest BCUT2D eigenvalue weighted by molar-refractivity contribution is 0.102. The van der Waals surface area contributed by atoms with Crippen LogP contribution in [0.25, 0.3) is 0 Å². The first-order chi connectivity index (χ1) is 14.1. The molecule has 0 aliphatic heterocycles. The number of carbonyl (C=O) groups excluding carboxylic acids is 1. The lowest BCUT2D eigenvalue weighted by atomic mass is 10.0. The third-order valence-electron chi connectivity index (χ3n) is 4.79. The molecule has 2 aromatic carbocycles. The van der Waals surface area contributed by atoms with E-state index in [1.807, 2.05) is 24.3 Å². The van der Waals surface area contributed by atoms with Gasteiger partial charge in [-0.2, -0.15) is 0 Å². The topological polar surface area (TPSA) is 66.9 Å². The van der Waals surface area contributed by atoms with Crippen LogP contribution in [0.1, 0.15) is 40.9 Å². The summed E-state index contributed by atoms with van der Waals surface area (Å²) in [7, 11) is 0. The molecule has 2 N–H and O–H groups in total. The van der Waals surface area contributed by atoms with Crippen molar-refractivity contribution in [3.63, 3.8) is 0 Å². The van der Waals surface area contributed by atoms with Gasteiger partial charge in [0.25, 0.3) is 5.91 Å². The molecule has 0 aliphatic carbocycles. The summed E-state index contributed by atoms with van der Waals surface area (Å²) in [5.41, 5.74) is 4.10. The monoisotopic (exact) mass is 392 g/mol. The number of benzene rings is 2. The Morgan fingerprint density at radius 3 is 2.17 bits per heavy atom. The van der Waals surface area contributed by atoms with Crippen LogP contribution in [0.2, 0.25) is 0 Å². The molecule has 3 aromatic rings. The Hall–Kier alpha value is -3.28. The summed E-state index contributed by atoms with van der Waals surface area (Å²) in [5, 5.41) is 6.06. The first-order valence-electron chi connectivity index (χ1n) is 9.83.